The fraction of sp³-hybridized carbons (Fsp3) is 0.526. The topological polar surface area (TPSA) is 86.9 Å². The normalized spacial score (nSPS) is 19.4. The average molecular weight is 358 g/mol. The van der Waals surface area contributed by atoms with Gasteiger partial charge in [-0.15, -0.1) is 0 Å². The van der Waals surface area contributed by atoms with Gasteiger partial charge in [0.1, 0.15) is 0 Å². The van der Waals surface area contributed by atoms with Gasteiger partial charge in [0.25, 0.3) is 0 Å². The van der Waals surface area contributed by atoms with E-state index < -0.39 is 11.8 Å². The summed E-state index contributed by atoms with van der Waals surface area (Å²) in [7, 11) is 0. The van der Waals surface area contributed by atoms with Gasteiger partial charge >= 0.3 is 11.8 Å². The second-order valence-corrected chi connectivity index (χ2v) is 7.02. The summed E-state index contributed by atoms with van der Waals surface area (Å²) in [5, 5.41) is 0. The summed E-state index contributed by atoms with van der Waals surface area (Å²) in [6, 6.07) is 10.2. The molecule has 0 spiro atoms. The van der Waals surface area contributed by atoms with Crippen LogP contribution in [-0.2, 0) is 20.9 Å². The number of piperidine rings is 1. The lowest BCUT2D eigenvalue weighted by Gasteiger charge is -2.36. The molecule has 0 saturated carbocycles. The number of rotatable bonds is 3. The first-order chi connectivity index (χ1) is 12.5. The van der Waals surface area contributed by atoms with E-state index in [1.165, 1.54) is 5.56 Å². The van der Waals surface area contributed by atoms with Crippen LogP contribution in [0.2, 0.25) is 0 Å². The molecule has 0 unspecified atom stereocenters. The van der Waals surface area contributed by atoms with Crippen LogP contribution in [0.5, 0.6) is 0 Å². The van der Waals surface area contributed by atoms with Gasteiger partial charge in [0.05, 0.1) is 0 Å². The van der Waals surface area contributed by atoms with E-state index in [2.05, 4.69) is 17.0 Å². The van der Waals surface area contributed by atoms with E-state index in [1.54, 1.807) is 9.80 Å². The fourth-order valence-corrected chi connectivity index (χ4v) is 3.59. The van der Waals surface area contributed by atoms with Crippen molar-refractivity contribution >= 4 is 17.7 Å². The summed E-state index contributed by atoms with van der Waals surface area (Å²) in [5.74, 6) is -1.39. The highest BCUT2D eigenvalue weighted by Crippen LogP contribution is 2.17. The third-order valence-corrected chi connectivity index (χ3v) is 5.28. The van der Waals surface area contributed by atoms with Crippen molar-refractivity contribution in [2.24, 2.45) is 11.7 Å². The highest BCUT2D eigenvalue weighted by Gasteiger charge is 2.32. The molecule has 0 aromatic heterocycles. The van der Waals surface area contributed by atoms with Crippen molar-refractivity contribution in [2.75, 3.05) is 39.3 Å². The maximum Gasteiger partial charge on any atom is 0.312 e. The molecule has 0 radical (unpaired) electrons. The van der Waals surface area contributed by atoms with Crippen molar-refractivity contribution in [2.45, 2.75) is 19.4 Å². The number of carbonyl (C=O) groups excluding carboxylic acids is 3. The number of benzene rings is 1. The number of nitrogens with two attached hydrogens (primary N) is 1. The Labute approximate surface area is 153 Å². The summed E-state index contributed by atoms with van der Waals surface area (Å²) in [4.78, 5) is 41.7. The molecule has 3 rings (SSSR count). The van der Waals surface area contributed by atoms with Crippen LogP contribution < -0.4 is 5.73 Å². The highest BCUT2D eigenvalue weighted by atomic mass is 16.2. The van der Waals surface area contributed by atoms with Gasteiger partial charge in [-0.05, 0) is 18.4 Å². The molecule has 2 heterocycles. The molecule has 140 valence electrons. The predicted molar refractivity (Wildman–Crippen MR) is 96.8 cm³/mol. The summed E-state index contributed by atoms with van der Waals surface area (Å²) < 4.78 is 0. The number of likely N-dealkylation sites (tertiary alicyclic amines) is 1. The Hall–Kier alpha value is -2.41. The Morgan fingerprint density at radius 1 is 0.846 bits per heavy atom. The Balaban J connectivity index is 1.46. The second-order valence-electron chi connectivity index (χ2n) is 7.02. The first-order valence-electron chi connectivity index (χ1n) is 9.18. The zero-order valence-corrected chi connectivity index (χ0v) is 15.0. The molecule has 1 aromatic rings. The van der Waals surface area contributed by atoms with Crippen LogP contribution in [0.1, 0.15) is 18.4 Å². The van der Waals surface area contributed by atoms with Gasteiger partial charge in [-0.2, -0.15) is 0 Å². The Morgan fingerprint density at radius 2 is 1.38 bits per heavy atom. The van der Waals surface area contributed by atoms with E-state index in [0.29, 0.717) is 39.0 Å². The number of amides is 3. The minimum Gasteiger partial charge on any atom is -0.369 e. The first kappa shape index (κ1) is 18.4. The summed E-state index contributed by atoms with van der Waals surface area (Å²) in [6.07, 6.45) is 1.08. The lowest BCUT2D eigenvalue weighted by atomic mass is 9.96. The smallest absolute Gasteiger partial charge is 0.312 e. The molecule has 2 aliphatic heterocycles. The maximum atomic E-state index is 12.5. The van der Waals surface area contributed by atoms with Gasteiger partial charge < -0.3 is 15.5 Å². The summed E-state index contributed by atoms with van der Waals surface area (Å²) in [6.45, 7) is 4.36. The van der Waals surface area contributed by atoms with Gasteiger partial charge in [0.2, 0.25) is 5.91 Å². The van der Waals surface area contributed by atoms with E-state index in [0.717, 1.165) is 19.6 Å². The highest BCUT2D eigenvalue weighted by molar-refractivity contribution is 6.34. The lowest BCUT2D eigenvalue weighted by Crippen LogP contribution is -2.54. The van der Waals surface area contributed by atoms with E-state index in [4.69, 9.17) is 5.73 Å². The van der Waals surface area contributed by atoms with E-state index >= 15 is 0 Å². The van der Waals surface area contributed by atoms with Crippen LogP contribution in [0, 0.1) is 5.92 Å². The summed E-state index contributed by atoms with van der Waals surface area (Å²) >= 11 is 0. The van der Waals surface area contributed by atoms with Crippen LogP contribution >= 0.6 is 0 Å². The van der Waals surface area contributed by atoms with Gasteiger partial charge in [-0.1, -0.05) is 30.3 Å². The third-order valence-electron chi connectivity index (χ3n) is 5.28. The number of primary amides is 1. The molecule has 26 heavy (non-hydrogen) atoms. The molecule has 2 fully saturated rings. The molecule has 7 nitrogen and oxygen atoms in total. The molecule has 0 bridgehead atoms. The van der Waals surface area contributed by atoms with Crippen molar-refractivity contribution in [3.05, 3.63) is 35.9 Å². The Morgan fingerprint density at radius 3 is 1.92 bits per heavy atom. The van der Waals surface area contributed by atoms with Gasteiger partial charge in [0, 0.05) is 51.7 Å². The second kappa shape index (κ2) is 8.31. The number of piperazine rings is 1. The van der Waals surface area contributed by atoms with Crippen LogP contribution in [0.3, 0.4) is 0 Å². The lowest BCUT2D eigenvalue weighted by molar-refractivity contribution is -0.154. The van der Waals surface area contributed by atoms with Crippen LogP contribution in [0.15, 0.2) is 30.3 Å². The quantitative estimate of drug-likeness (QED) is 0.774. The van der Waals surface area contributed by atoms with Crippen LogP contribution in [0.4, 0.5) is 0 Å². The molecule has 1 aromatic carbocycles. The minimum absolute atomic E-state index is 0.185. The standard InChI is InChI=1S/C19H26N4O3/c20-17(24)16-6-8-22(9-7-16)18(25)19(26)23-12-10-21(11-13-23)14-15-4-2-1-3-5-15/h1-5,16H,6-14H2,(H2,20,24). The van der Waals surface area contributed by atoms with Crippen molar-refractivity contribution in [3.8, 4) is 0 Å². The number of hydrogen-bond acceptors (Lipinski definition) is 4. The Kier molecular flexibility index (Phi) is 5.88. The van der Waals surface area contributed by atoms with Gasteiger partial charge in [-0.3, -0.25) is 19.3 Å². The zero-order valence-electron chi connectivity index (χ0n) is 15.0. The van der Waals surface area contributed by atoms with Crippen molar-refractivity contribution < 1.29 is 14.4 Å². The van der Waals surface area contributed by atoms with Crippen molar-refractivity contribution in [1.29, 1.82) is 0 Å². The summed E-state index contributed by atoms with van der Waals surface area (Å²) in [5.41, 5.74) is 6.56. The van der Waals surface area contributed by atoms with E-state index in [9.17, 15) is 14.4 Å². The average Bonchev–Trinajstić information content (AvgIpc) is 2.68. The fourth-order valence-electron chi connectivity index (χ4n) is 3.59. The largest absolute Gasteiger partial charge is 0.369 e. The van der Waals surface area contributed by atoms with Crippen LogP contribution in [0.25, 0.3) is 0 Å². The number of nitrogens with zero attached hydrogens (tertiary/aromatic N) is 3. The number of carbonyl (C=O) groups is 3. The van der Waals surface area contributed by atoms with Crippen LogP contribution in [-0.4, -0.2) is 71.7 Å². The molecule has 2 aliphatic rings. The minimum atomic E-state index is -0.454. The number of hydrogen-bond donors (Lipinski definition) is 1. The third kappa shape index (κ3) is 4.40. The zero-order chi connectivity index (χ0) is 18.5. The SMILES string of the molecule is NC(=O)C1CCN(C(=O)C(=O)N2CCN(Cc3ccccc3)CC2)CC1. The molecule has 0 atom stereocenters. The van der Waals surface area contributed by atoms with E-state index in [1.807, 2.05) is 18.2 Å². The van der Waals surface area contributed by atoms with E-state index in [-0.39, 0.29) is 11.8 Å². The van der Waals surface area contributed by atoms with Gasteiger partial charge in [-0.25, -0.2) is 0 Å². The Bertz CT molecular complexity index is 648. The molecule has 3 amide bonds. The molecular formula is C19H26N4O3. The molecule has 2 saturated heterocycles. The maximum absolute atomic E-state index is 12.5. The molecule has 2 N–H and O–H groups in total. The first-order valence-corrected chi connectivity index (χ1v) is 9.18. The monoisotopic (exact) mass is 358 g/mol. The predicted octanol–water partition coefficient (Wildman–Crippen LogP) is 0.0547. The van der Waals surface area contributed by atoms with Crippen molar-refractivity contribution in [1.82, 2.24) is 14.7 Å². The molecular weight excluding hydrogens is 332 g/mol. The molecule has 0 aliphatic carbocycles. The van der Waals surface area contributed by atoms with Gasteiger partial charge in [0.15, 0.2) is 0 Å². The van der Waals surface area contributed by atoms with Crippen molar-refractivity contribution in [3.63, 3.8) is 0 Å². The molecule has 7 heteroatoms.